The third-order valence-electron chi connectivity index (χ3n) is 2.76. The van der Waals surface area contributed by atoms with Gasteiger partial charge in [0.25, 0.3) is 10.0 Å². The molecule has 0 radical (unpaired) electrons. The second-order valence-corrected chi connectivity index (χ2v) is 8.13. The number of hydrogen-bond donors (Lipinski definition) is 2. The van der Waals surface area contributed by atoms with Crippen molar-refractivity contribution in [3.63, 3.8) is 0 Å². The highest BCUT2D eigenvalue weighted by Crippen LogP contribution is 2.28. The molecule has 0 bridgehead atoms. The molecule has 0 spiro atoms. The van der Waals surface area contributed by atoms with E-state index in [-0.39, 0.29) is 17.1 Å². The Kier molecular flexibility index (Phi) is 4.93. The van der Waals surface area contributed by atoms with Gasteiger partial charge in [0.15, 0.2) is 0 Å². The third kappa shape index (κ3) is 3.11. The standard InChI is InChI=1S/C10H14BrNO4S2/c1-3-10(4-2,9(13)14)12-18(15,16)8-6-5-7(11)17-8/h5-6,12H,3-4H2,1-2H3,(H,13,14). The molecule has 0 atom stereocenters. The Hall–Kier alpha value is -0.440. The second kappa shape index (κ2) is 5.68. The van der Waals surface area contributed by atoms with Gasteiger partial charge in [-0.15, -0.1) is 11.3 Å². The zero-order chi connectivity index (χ0) is 14.0. The Morgan fingerprint density at radius 3 is 2.33 bits per heavy atom. The maximum atomic E-state index is 12.1. The normalized spacial score (nSPS) is 12.6. The van der Waals surface area contributed by atoms with Crippen LogP contribution in [0, 0.1) is 0 Å². The Morgan fingerprint density at radius 2 is 2.00 bits per heavy atom. The Labute approximate surface area is 118 Å². The predicted octanol–water partition coefficient (Wildman–Crippen LogP) is 2.43. The summed E-state index contributed by atoms with van der Waals surface area (Å²) in [4.78, 5) is 11.3. The number of carbonyl (C=O) groups is 1. The first-order valence-electron chi connectivity index (χ1n) is 5.30. The Bertz CT molecular complexity index is 534. The number of hydrogen-bond acceptors (Lipinski definition) is 4. The number of thiophene rings is 1. The first-order chi connectivity index (χ1) is 8.27. The van der Waals surface area contributed by atoms with Crippen LogP contribution in [0.25, 0.3) is 0 Å². The smallest absolute Gasteiger partial charge is 0.324 e. The van der Waals surface area contributed by atoms with Crippen LogP contribution in [0.4, 0.5) is 0 Å². The van der Waals surface area contributed by atoms with Gasteiger partial charge in [0.1, 0.15) is 9.75 Å². The molecule has 102 valence electrons. The fourth-order valence-corrected chi connectivity index (χ4v) is 5.00. The molecular weight excluding hydrogens is 342 g/mol. The summed E-state index contributed by atoms with van der Waals surface area (Å²) in [5.74, 6) is -1.16. The molecule has 0 unspecified atom stereocenters. The van der Waals surface area contributed by atoms with Crippen molar-refractivity contribution in [3.8, 4) is 0 Å². The number of carboxylic acid groups (broad SMARTS) is 1. The minimum absolute atomic E-state index is 0.0990. The fraction of sp³-hybridized carbons (Fsp3) is 0.500. The molecule has 0 aliphatic rings. The van der Waals surface area contributed by atoms with Crippen molar-refractivity contribution in [1.82, 2.24) is 4.72 Å². The SMILES string of the molecule is CCC(CC)(NS(=O)(=O)c1ccc(Br)s1)C(=O)O. The summed E-state index contributed by atoms with van der Waals surface area (Å²) in [5, 5.41) is 9.21. The zero-order valence-corrected chi connectivity index (χ0v) is 13.2. The summed E-state index contributed by atoms with van der Waals surface area (Å²) >= 11 is 4.22. The van der Waals surface area contributed by atoms with Gasteiger partial charge in [-0.25, -0.2) is 8.42 Å². The highest BCUT2D eigenvalue weighted by Gasteiger charge is 2.39. The third-order valence-corrected chi connectivity index (χ3v) is 6.41. The van der Waals surface area contributed by atoms with Gasteiger partial charge < -0.3 is 5.11 Å². The Balaban J connectivity index is 3.11. The minimum atomic E-state index is -3.81. The molecule has 5 nitrogen and oxygen atoms in total. The topological polar surface area (TPSA) is 83.5 Å². The summed E-state index contributed by atoms with van der Waals surface area (Å²) in [7, 11) is -3.81. The number of aliphatic carboxylic acids is 1. The maximum Gasteiger partial charge on any atom is 0.324 e. The predicted molar refractivity (Wildman–Crippen MR) is 73.3 cm³/mol. The van der Waals surface area contributed by atoms with E-state index in [1.165, 1.54) is 6.07 Å². The van der Waals surface area contributed by atoms with Crippen LogP contribution in [0.2, 0.25) is 0 Å². The minimum Gasteiger partial charge on any atom is -0.480 e. The van der Waals surface area contributed by atoms with Crippen molar-refractivity contribution in [2.75, 3.05) is 0 Å². The van der Waals surface area contributed by atoms with Gasteiger partial charge in [-0.05, 0) is 40.9 Å². The average molecular weight is 356 g/mol. The number of sulfonamides is 1. The molecular formula is C10H14BrNO4S2. The average Bonchev–Trinajstić information content (AvgIpc) is 2.73. The van der Waals surface area contributed by atoms with Gasteiger partial charge in [-0.2, -0.15) is 4.72 Å². The molecule has 1 aromatic heterocycles. The Morgan fingerprint density at radius 1 is 1.44 bits per heavy atom. The van der Waals surface area contributed by atoms with Gasteiger partial charge in [0.05, 0.1) is 3.79 Å². The second-order valence-electron chi connectivity index (χ2n) is 3.76. The molecule has 2 N–H and O–H groups in total. The quantitative estimate of drug-likeness (QED) is 0.820. The van der Waals surface area contributed by atoms with E-state index in [2.05, 4.69) is 20.7 Å². The fourth-order valence-electron chi connectivity index (χ4n) is 1.49. The van der Waals surface area contributed by atoms with E-state index in [0.717, 1.165) is 11.3 Å². The molecule has 0 aliphatic heterocycles. The van der Waals surface area contributed by atoms with Crippen molar-refractivity contribution in [3.05, 3.63) is 15.9 Å². The van der Waals surface area contributed by atoms with E-state index in [4.69, 9.17) is 0 Å². The van der Waals surface area contributed by atoms with Crippen molar-refractivity contribution in [2.45, 2.75) is 36.4 Å². The van der Waals surface area contributed by atoms with E-state index < -0.39 is 21.5 Å². The lowest BCUT2D eigenvalue weighted by atomic mass is 9.95. The van der Waals surface area contributed by atoms with Crippen LogP contribution in [-0.4, -0.2) is 25.0 Å². The molecule has 0 aromatic carbocycles. The number of carboxylic acids is 1. The first-order valence-corrected chi connectivity index (χ1v) is 8.39. The lowest BCUT2D eigenvalue weighted by molar-refractivity contribution is -0.144. The van der Waals surface area contributed by atoms with E-state index >= 15 is 0 Å². The van der Waals surface area contributed by atoms with E-state index in [1.807, 2.05) is 0 Å². The van der Waals surface area contributed by atoms with Gasteiger partial charge in [0, 0.05) is 0 Å². The number of nitrogens with one attached hydrogen (secondary N) is 1. The van der Waals surface area contributed by atoms with Gasteiger partial charge in [-0.3, -0.25) is 4.79 Å². The highest BCUT2D eigenvalue weighted by atomic mass is 79.9. The van der Waals surface area contributed by atoms with Gasteiger partial charge in [-0.1, -0.05) is 13.8 Å². The molecule has 0 saturated heterocycles. The molecule has 1 heterocycles. The van der Waals surface area contributed by atoms with Crippen molar-refractivity contribution >= 4 is 43.3 Å². The lowest BCUT2D eigenvalue weighted by Crippen LogP contribution is -2.53. The lowest BCUT2D eigenvalue weighted by Gasteiger charge is -2.27. The highest BCUT2D eigenvalue weighted by molar-refractivity contribution is 9.11. The molecule has 1 aromatic rings. The maximum absolute atomic E-state index is 12.1. The van der Waals surface area contributed by atoms with E-state index in [9.17, 15) is 18.3 Å². The molecule has 18 heavy (non-hydrogen) atoms. The summed E-state index contributed by atoms with van der Waals surface area (Å²) in [6.45, 7) is 3.29. The molecule has 0 fully saturated rings. The number of halogens is 1. The van der Waals surface area contributed by atoms with Gasteiger partial charge in [0.2, 0.25) is 0 Å². The van der Waals surface area contributed by atoms with E-state index in [0.29, 0.717) is 3.79 Å². The summed E-state index contributed by atoms with van der Waals surface area (Å²) in [6, 6.07) is 3.05. The van der Waals surface area contributed by atoms with Crippen LogP contribution < -0.4 is 4.72 Å². The summed E-state index contributed by atoms with van der Waals surface area (Å²) in [6.07, 6.45) is 0.370. The molecule has 0 amide bonds. The molecule has 1 rings (SSSR count). The largest absolute Gasteiger partial charge is 0.480 e. The zero-order valence-electron chi connectivity index (χ0n) is 9.94. The monoisotopic (exact) mass is 355 g/mol. The van der Waals surface area contributed by atoms with Gasteiger partial charge >= 0.3 is 5.97 Å². The molecule has 8 heteroatoms. The van der Waals surface area contributed by atoms with Crippen LogP contribution in [0.3, 0.4) is 0 Å². The molecule has 0 aliphatic carbocycles. The van der Waals surface area contributed by atoms with Crippen LogP contribution in [-0.2, 0) is 14.8 Å². The summed E-state index contributed by atoms with van der Waals surface area (Å²) in [5.41, 5.74) is -1.45. The van der Waals surface area contributed by atoms with Crippen molar-refractivity contribution < 1.29 is 18.3 Å². The number of rotatable bonds is 6. The van der Waals surface area contributed by atoms with Crippen LogP contribution in [0.15, 0.2) is 20.1 Å². The summed E-state index contributed by atoms with van der Waals surface area (Å²) < 4.78 is 27.3. The van der Waals surface area contributed by atoms with Crippen molar-refractivity contribution in [2.24, 2.45) is 0 Å². The molecule has 0 saturated carbocycles. The first kappa shape index (κ1) is 15.6. The van der Waals surface area contributed by atoms with Crippen LogP contribution in [0.5, 0.6) is 0 Å². The van der Waals surface area contributed by atoms with Crippen LogP contribution >= 0.6 is 27.3 Å². The van der Waals surface area contributed by atoms with Crippen molar-refractivity contribution in [1.29, 1.82) is 0 Å². The van der Waals surface area contributed by atoms with Crippen LogP contribution in [0.1, 0.15) is 26.7 Å². The van der Waals surface area contributed by atoms with E-state index in [1.54, 1.807) is 19.9 Å².